The summed E-state index contributed by atoms with van der Waals surface area (Å²) in [6.07, 6.45) is 1.58. The van der Waals surface area contributed by atoms with Crippen molar-refractivity contribution < 1.29 is 86.9 Å². The fourth-order valence-corrected chi connectivity index (χ4v) is 2.36. The number of carbonyl (C=O) groups is 3. The third-order valence-electron chi connectivity index (χ3n) is 3.39. The Morgan fingerprint density at radius 2 is 1.07 bits per heavy atom. The molecule has 1 saturated heterocycles. The summed E-state index contributed by atoms with van der Waals surface area (Å²) >= 11 is 0. The molecule has 10 heteroatoms. The van der Waals surface area contributed by atoms with Crippen LogP contribution in [0.4, 0.5) is 4.79 Å². The molecule has 1 heterocycles. The van der Waals surface area contributed by atoms with Gasteiger partial charge in [0.25, 0.3) is 0 Å². The zero-order valence-corrected chi connectivity index (χ0v) is 25.0. The fraction of sp³-hybridized carbons (Fsp3) is 0.850. The maximum atomic E-state index is 11.9. The standard InChI is InChI=1S/C11H18N2O3.3C3H8O.Na.Zr.H/c1-4-6-7(3)11(5-2)8(14)12-10(16)13-9(11)15;3*1-3(2)4;;;/h7H,4-6H2,1-3H3,(H2,12,13,14,15,16);3*3-4H,1-2H3;;;/q;;;;+1;;-1. The van der Waals surface area contributed by atoms with Crippen molar-refractivity contribution in [3.05, 3.63) is 0 Å². The molecule has 0 bridgehead atoms. The number of amides is 4. The SMILES string of the molecule is CC(C)O.CC(C)O.CC(C)O.CCCC(C)C1(CC)C(=O)NC(=O)NC1=O.[H-].[Na+].[Zr]. The van der Waals surface area contributed by atoms with Crippen LogP contribution in [0.1, 0.15) is 83.0 Å². The van der Waals surface area contributed by atoms with E-state index < -0.39 is 23.3 Å². The van der Waals surface area contributed by atoms with Gasteiger partial charge in [-0.15, -0.1) is 0 Å². The Kier molecular flexibility index (Phi) is 30.6. The molecule has 0 aromatic rings. The molecular weight excluding hydrogens is 478 g/mol. The van der Waals surface area contributed by atoms with Gasteiger partial charge in [0, 0.05) is 44.5 Å². The number of urea groups is 1. The molecule has 1 unspecified atom stereocenters. The summed E-state index contributed by atoms with van der Waals surface area (Å²) in [7, 11) is 0. The van der Waals surface area contributed by atoms with Crippen LogP contribution in [0.25, 0.3) is 0 Å². The summed E-state index contributed by atoms with van der Waals surface area (Å²) in [6, 6.07) is -0.720. The van der Waals surface area contributed by atoms with Crippen molar-refractivity contribution in [1.29, 1.82) is 0 Å². The summed E-state index contributed by atoms with van der Waals surface area (Å²) in [4.78, 5) is 34.8. The van der Waals surface area contributed by atoms with E-state index >= 15 is 0 Å². The molecule has 174 valence electrons. The minimum atomic E-state index is -1.09. The van der Waals surface area contributed by atoms with E-state index in [0.29, 0.717) is 6.42 Å². The van der Waals surface area contributed by atoms with Crippen molar-refractivity contribution in [2.24, 2.45) is 11.3 Å². The van der Waals surface area contributed by atoms with Gasteiger partial charge in [-0.05, 0) is 60.3 Å². The molecule has 8 nitrogen and oxygen atoms in total. The molecule has 0 aromatic carbocycles. The van der Waals surface area contributed by atoms with Crippen molar-refractivity contribution in [2.75, 3.05) is 0 Å². The van der Waals surface area contributed by atoms with Crippen LogP contribution in [0, 0.1) is 11.3 Å². The Labute approximate surface area is 225 Å². The number of barbiturate groups is 1. The molecule has 1 atom stereocenters. The van der Waals surface area contributed by atoms with Gasteiger partial charge in [-0.3, -0.25) is 20.2 Å². The Balaban J connectivity index is -0.0000000875. The maximum absolute atomic E-state index is 11.9. The molecule has 0 spiro atoms. The van der Waals surface area contributed by atoms with E-state index in [1.54, 1.807) is 48.5 Å². The van der Waals surface area contributed by atoms with Crippen LogP contribution in [-0.4, -0.2) is 51.5 Å². The van der Waals surface area contributed by atoms with Gasteiger partial charge in [-0.25, -0.2) is 4.79 Å². The van der Waals surface area contributed by atoms with Gasteiger partial charge in [-0.1, -0.05) is 27.2 Å². The fourth-order valence-electron chi connectivity index (χ4n) is 2.36. The third kappa shape index (κ3) is 20.3. The van der Waals surface area contributed by atoms with E-state index in [9.17, 15) is 14.4 Å². The Hall–Kier alpha value is 0.373. The first-order valence-electron chi connectivity index (χ1n) is 9.89. The van der Waals surface area contributed by atoms with Crippen LogP contribution >= 0.6 is 0 Å². The van der Waals surface area contributed by atoms with Crippen LogP contribution in [0.5, 0.6) is 0 Å². The average Bonchev–Trinajstić information content (AvgIpc) is 2.45. The molecule has 1 rings (SSSR count). The Morgan fingerprint density at radius 1 is 0.800 bits per heavy atom. The number of aliphatic hydroxyl groups is 3. The molecule has 0 aliphatic carbocycles. The molecular formula is C20H43N2NaO6Zr. The molecule has 0 aromatic heterocycles. The minimum Gasteiger partial charge on any atom is -1.00 e. The summed E-state index contributed by atoms with van der Waals surface area (Å²) in [6.45, 7) is 16.0. The smallest absolute Gasteiger partial charge is 1.00 e. The second-order valence-corrected chi connectivity index (χ2v) is 7.53. The van der Waals surface area contributed by atoms with Crippen molar-refractivity contribution in [3.8, 4) is 0 Å². The van der Waals surface area contributed by atoms with Gasteiger partial charge in [-0.2, -0.15) is 0 Å². The van der Waals surface area contributed by atoms with Gasteiger partial charge < -0.3 is 16.7 Å². The number of imide groups is 2. The summed E-state index contributed by atoms with van der Waals surface area (Å²) in [5.41, 5.74) is -1.09. The molecule has 0 radical (unpaired) electrons. The van der Waals surface area contributed by atoms with Crippen LogP contribution in [0.2, 0.25) is 0 Å². The number of rotatable bonds is 4. The normalized spacial score (nSPS) is 15.0. The zero-order chi connectivity index (χ0) is 23.1. The van der Waals surface area contributed by atoms with E-state index in [4.69, 9.17) is 15.3 Å². The molecule has 1 aliphatic heterocycles. The van der Waals surface area contributed by atoms with E-state index in [2.05, 4.69) is 10.6 Å². The predicted octanol–water partition coefficient (Wildman–Crippen LogP) is -0.540. The van der Waals surface area contributed by atoms with Crippen LogP contribution in [0.15, 0.2) is 0 Å². The number of aliphatic hydroxyl groups excluding tert-OH is 3. The molecule has 5 N–H and O–H groups in total. The van der Waals surface area contributed by atoms with Crippen LogP contribution in [0.3, 0.4) is 0 Å². The third-order valence-corrected chi connectivity index (χ3v) is 3.39. The summed E-state index contributed by atoms with van der Waals surface area (Å²) in [5, 5.41) is 28.5. The number of hydrogen-bond donors (Lipinski definition) is 5. The quantitative estimate of drug-likeness (QED) is 0.249. The predicted molar refractivity (Wildman–Crippen MR) is 112 cm³/mol. The topological polar surface area (TPSA) is 136 Å². The van der Waals surface area contributed by atoms with Gasteiger partial charge in [0.2, 0.25) is 11.8 Å². The van der Waals surface area contributed by atoms with Crippen LogP contribution < -0.4 is 40.2 Å². The van der Waals surface area contributed by atoms with Gasteiger partial charge in [0.15, 0.2) is 0 Å². The number of carbonyl (C=O) groups excluding carboxylic acids is 3. The summed E-state index contributed by atoms with van der Waals surface area (Å²) in [5.74, 6) is -1.01. The second-order valence-electron chi connectivity index (χ2n) is 7.53. The molecule has 0 saturated carbocycles. The van der Waals surface area contributed by atoms with E-state index in [0.717, 1.165) is 12.8 Å². The monoisotopic (exact) mass is 520 g/mol. The van der Waals surface area contributed by atoms with Gasteiger partial charge in [0.05, 0.1) is 0 Å². The zero-order valence-electron chi connectivity index (χ0n) is 21.5. The maximum Gasteiger partial charge on any atom is 1.00 e. The molecule has 30 heavy (non-hydrogen) atoms. The minimum absolute atomic E-state index is 0. The van der Waals surface area contributed by atoms with Crippen molar-refractivity contribution in [1.82, 2.24) is 10.6 Å². The van der Waals surface area contributed by atoms with Gasteiger partial charge >= 0.3 is 35.6 Å². The first-order chi connectivity index (χ1) is 12.7. The van der Waals surface area contributed by atoms with Crippen LogP contribution in [-0.2, 0) is 35.8 Å². The number of nitrogens with one attached hydrogen (secondary N) is 2. The summed E-state index contributed by atoms with van der Waals surface area (Å²) < 4.78 is 0. The first-order valence-corrected chi connectivity index (χ1v) is 9.89. The molecule has 1 fully saturated rings. The van der Waals surface area contributed by atoms with Crippen molar-refractivity contribution in [3.63, 3.8) is 0 Å². The van der Waals surface area contributed by atoms with Crippen molar-refractivity contribution in [2.45, 2.75) is 99.9 Å². The molecule has 4 amide bonds. The second kappa shape index (κ2) is 22.6. The van der Waals surface area contributed by atoms with E-state index in [1.807, 2.05) is 13.8 Å². The van der Waals surface area contributed by atoms with E-state index in [1.165, 1.54) is 0 Å². The largest absolute Gasteiger partial charge is 1.00 e. The Bertz CT molecular complexity index is 426. The average molecular weight is 522 g/mol. The van der Waals surface area contributed by atoms with Gasteiger partial charge in [0.1, 0.15) is 5.41 Å². The van der Waals surface area contributed by atoms with Crippen molar-refractivity contribution >= 4 is 17.8 Å². The molecule has 1 aliphatic rings. The Morgan fingerprint density at radius 3 is 1.27 bits per heavy atom. The van der Waals surface area contributed by atoms with E-state index in [-0.39, 0.29) is 81.4 Å². The first kappa shape index (κ1) is 40.7. The number of hydrogen-bond acceptors (Lipinski definition) is 6.